The lowest BCUT2D eigenvalue weighted by atomic mass is 10.2. The molecule has 0 saturated heterocycles. The van der Waals surface area contributed by atoms with E-state index in [0.717, 1.165) is 25.0 Å². The number of rotatable bonds is 4. The van der Waals surface area contributed by atoms with E-state index in [9.17, 15) is 13.6 Å². The van der Waals surface area contributed by atoms with E-state index in [1.807, 2.05) is 0 Å². The van der Waals surface area contributed by atoms with E-state index in [0.29, 0.717) is 6.07 Å². The lowest BCUT2D eigenvalue weighted by Gasteiger charge is -2.02. The maximum atomic E-state index is 13.2. The molecule has 0 aromatic heterocycles. The Morgan fingerprint density at radius 3 is 2.72 bits per heavy atom. The van der Waals surface area contributed by atoms with Crippen molar-refractivity contribution in [2.45, 2.75) is 12.8 Å². The highest BCUT2D eigenvalue weighted by Crippen LogP contribution is 2.30. The Morgan fingerprint density at radius 2 is 2.17 bits per heavy atom. The van der Waals surface area contributed by atoms with E-state index in [-0.39, 0.29) is 23.1 Å². The van der Waals surface area contributed by atoms with Crippen molar-refractivity contribution in [3.8, 4) is 6.07 Å². The quantitative estimate of drug-likeness (QED) is 0.657. The number of hydrazone groups is 1. The fraction of sp³-hybridized carbons (Fsp3) is 0.250. The minimum absolute atomic E-state index is 0.0900. The molecule has 4 nitrogen and oxygen atoms in total. The van der Waals surface area contributed by atoms with Crippen LogP contribution in [-0.2, 0) is 4.79 Å². The van der Waals surface area contributed by atoms with Crippen molar-refractivity contribution in [1.29, 1.82) is 5.26 Å². The van der Waals surface area contributed by atoms with Gasteiger partial charge in [0, 0.05) is 12.0 Å². The normalized spacial score (nSPS) is 15.1. The van der Waals surface area contributed by atoms with Crippen molar-refractivity contribution in [2.75, 3.05) is 5.43 Å². The summed E-state index contributed by atoms with van der Waals surface area (Å²) >= 11 is 0. The summed E-state index contributed by atoms with van der Waals surface area (Å²) in [5.41, 5.74) is 1.88. The smallest absolute Gasteiger partial charge is 0.203 e. The molecule has 0 unspecified atom stereocenters. The first kappa shape index (κ1) is 12.2. The minimum atomic E-state index is -0.838. The average molecular weight is 249 g/mol. The summed E-state index contributed by atoms with van der Waals surface area (Å²) < 4.78 is 25.9. The number of nitrogens with zero attached hydrogens (tertiary/aromatic N) is 2. The molecule has 0 aliphatic heterocycles. The molecule has 1 fully saturated rings. The lowest BCUT2D eigenvalue weighted by molar-refractivity contribution is -0.113. The number of carbonyl (C=O) groups excluding carboxylic acids is 1. The van der Waals surface area contributed by atoms with Gasteiger partial charge >= 0.3 is 0 Å². The van der Waals surface area contributed by atoms with Gasteiger partial charge in [-0.05, 0) is 25.0 Å². The summed E-state index contributed by atoms with van der Waals surface area (Å²) in [4.78, 5) is 11.5. The Hall–Kier alpha value is -2.29. The molecule has 1 aliphatic rings. The average Bonchev–Trinajstić information content (AvgIpc) is 3.16. The number of nitriles is 1. The number of nitrogens with one attached hydrogen (secondary N) is 1. The molecule has 92 valence electrons. The monoisotopic (exact) mass is 249 g/mol. The van der Waals surface area contributed by atoms with Gasteiger partial charge in [-0.2, -0.15) is 10.4 Å². The minimum Gasteiger partial charge on any atom is -0.291 e. The first-order valence-electron chi connectivity index (χ1n) is 5.35. The van der Waals surface area contributed by atoms with Crippen LogP contribution in [-0.4, -0.2) is 11.5 Å². The summed E-state index contributed by atoms with van der Waals surface area (Å²) in [7, 11) is 0. The number of hydrogen-bond donors (Lipinski definition) is 1. The number of halogens is 2. The molecule has 0 radical (unpaired) electrons. The number of benzene rings is 1. The summed E-state index contributed by atoms with van der Waals surface area (Å²) in [5, 5.41) is 12.3. The van der Waals surface area contributed by atoms with E-state index in [2.05, 4.69) is 10.5 Å². The zero-order chi connectivity index (χ0) is 13.1. The summed E-state index contributed by atoms with van der Waals surface area (Å²) in [6.07, 6.45) is 1.51. The van der Waals surface area contributed by atoms with E-state index >= 15 is 0 Å². The van der Waals surface area contributed by atoms with Crippen LogP contribution in [0.3, 0.4) is 0 Å². The molecule has 0 heterocycles. The number of Topliss-reactive ketones (excluding diaryl/α,β-unsaturated/α-hetero) is 1. The van der Waals surface area contributed by atoms with E-state index in [1.54, 1.807) is 6.07 Å². The summed E-state index contributed by atoms with van der Waals surface area (Å²) in [6, 6.07) is 4.55. The number of ketones is 1. The van der Waals surface area contributed by atoms with E-state index < -0.39 is 11.6 Å². The summed E-state index contributed by atoms with van der Waals surface area (Å²) in [6.45, 7) is 0. The Labute approximate surface area is 102 Å². The first-order chi connectivity index (χ1) is 8.61. The molecular weight excluding hydrogens is 240 g/mol. The topological polar surface area (TPSA) is 65.2 Å². The highest BCUT2D eigenvalue weighted by atomic mass is 19.1. The third-order valence-corrected chi connectivity index (χ3v) is 2.51. The number of hydrogen-bond acceptors (Lipinski definition) is 4. The Morgan fingerprint density at radius 1 is 1.44 bits per heavy atom. The fourth-order valence-electron chi connectivity index (χ4n) is 1.37. The highest BCUT2D eigenvalue weighted by molar-refractivity contribution is 6.47. The molecule has 1 N–H and O–H groups in total. The van der Waals surface area contributed by atoms with Gasteiger partial charge in [-0.3, -0.25) is 10.2 Å². The van der Waals surface area contributed by atoms with Crippen molar-refractivity contribution < 1.29 is 13.6 Å². The predicted octanol–water partition coefficient (Wildman–Crippen LogP) is 2.24. The van der Waals surface area contributed by atoms with Crippen LogP contribution in [0.4, 0.5) is 14.5 Å². The second kappa shape index (κ2) is 4.92. The van der Waals surface area contributed by atoms with E-state index in [4.69, 9.17) is 5.26 Å². The van der Waals surface area contributed by atoms with Gasteiger partial charge in [-0.15, -0.1) is 0 Å². The Balaban J connectivity index is 2.13. The molecule has 0 amide bonds. The van der Waals surface area contributed by atoms with Crippen molar-refractivity contribution in [1.82, 2.24) is 0 Å². The van der Waals surface area contributed by atoms with Gasteiger partial charge in [-0.25, -0.2) is 8.78 Å². The maximum absolute atomic E-state index is 13.2. The second-order valence-electron chi connectivity index (χ2n) is 3.95. The molecular formula is C12H9F2N3O. The van der Waals surface area contributed by atoms with Crippen LogP contribution >= 0.6 is 0 Å². The van der Waals surface area contributed by atoms with Gasteiger partial charge in [0.05, 0.1) is 5.69 Å². The maximum Gasteiger partial charge on any atom is 0.203 e. The van der Waals surface area contributed by atoms with Gasteiger partial charge in [0.2, 0.25) is 5.71 Å². The Bertz CT molecular complexity index is 559. The lowest BCUT2D eigenvalue weighted by Crippen LogP contribution is -2.15. The second-order valence-corrected chi connectivity index (χ2v) is 3.95. The predicted molar refractivity (Wildman–Crippen MR) is 60.8 cm³/mol. The van der Waals surface area contributed by atoms with Crippen LogP contribution in [0.5, 0.6) is 0 Å². The van der Waals surface area contributed by atoms with Crippen LogP contribution in [0.25, 0.3) is 0 Å². The van der Waals surface area contributed by atoms with Crippen molar-refractivity contribution in [3.63, 3.8) is 0 Å². The molecule has 1 aromatic carbocycles. The van der Waals surface area contributed by atoms with E-state index in [1.165, 1.54) is 0 Å². The van der Waals surface area contributed by atoms with Gasteiger partial charge < -0.3 is 0 Å². The largest absolute Gasteiger partial charge is 0.291 e. The third-order valence-electron chi connectivity index (χ3n) is 2.51. The SMILES string of the molecule is N#CC(=NNc1ccc(F)cc1F)C(=O)C1CC1. The van der Waals surface area contributed by atoms with Crippen LogP contribution in [0.15, 0.2) is 23.3 Å². The molecule has 0 bridgehead atoms. The zero-order valence-corrected chi connectivity index (χ0v) is 9.28. The molecule has 18 heavy (non-hydrogen) atoms. The third kappa shape index (κ3) is 2.69. The molecule has 0 spiro atoms. The summed E-state index contributed by atoms with van der Waals surface area (Å²) in [5.74, 6) is -2.03. The number of anilines is 1. The highest BCUT2D eigenvalue weighted by Gasteiger charge is 2.33. The molecule has 6 heteroatoms. The van der Waals surface area contributed by atoms with Crippen LogP contribution < -0.4 is 5.43 Å². The number of carbonyl (C=O) groups is 1. The molecule has 0 atom stereocenters. The first-order valence-corrected chi connectivity index (χ1v) is 5.35. The van der Waals surface area contributed by atoms with Gasteiger partial charge in [0.15, 0.2) is 11.6 Å². The molecule has 2 rings (SSSR count). The Kier molecular flexibility index (Phi) is 3.33. The van der Waals surface area contributed by atoms with Crippen LogP contribution in [0.1, 0.15) is 12.8 Å². The van der Waals surface area contributed by atoms with Crippen molar-refractivity contribution in [2.24, 2.45) is 11.0 Å². The fourth-order valence-corrected chi connectivity index (χ4v) is 1.37. The standard InChI is InChI=1S/C12H9F2N3O/c13-8-3-4-10(9(14)5-8)16-17-11(6-15)12(18)7-1-2-7/h3-5,7,16H,1-2H2. The van der Waals surface area contributed by atoms with Crippen molar-refractivity contribution >= 4 is 17.2 Å². The molecule has 1 aliphatic carbocycles. The van der Waals surface area contributed by atoms with Crippen molar-refractivity contribution in [3.05, 3.63) is 29.8 Å². The van der Waals surface area contributed by atoms with Gasteiger partial charge in [0.1, 0.15) is 11.9 Å². The molecule has 1 aromatic rings. The van der Waals surface area contributed by atoms with Crippen LogP contribution in [0.2, 0.25) is 0 Å². The molecule has 1 saturated carbocycles. The van der Waals surface area contributed by atoms with Gasteiger partial charge in [0.25, 0.3) is 0 Å². The van der Waals surface area contributed by atoms with Gasteiger partial charge in [-0.1, -0.05) is 0 Å². The zero-order valence-electron chi connectivity index (χ0n) is 9.28. The van der Waals surface area contributed by atoms with Crippen LogP contribution in [0, 0.1) is 28.9 Å².